The molecular formula is C2H3Br2NO2. The van der Waals surface area contributed by atoms with Crippen LogP contribution in [0.4, 0.5) is 0 Å². The average Bonchev–Trinajstić information content (AvgIpc) is 1.27. The quantitative estimate of drug-likeness (QED) is 0.723. The van der Waals surface area contributed by atoms with Gasteiger partial charge in [-0.1, -0.05) is 0 Å². The van der Waals surface area contributed by atoms with E-state index in [9.17, 15) is 4.79 Å². The molecule has 0 aliphatic carbocycles. The van der Waals surface area contributed by atoms with Gasteiger partial charge in [0.05, 0.1) is 0 Å². The summed E-state index contributed by atoms with van der Waals surface area (Å²) in [4.78, 5) is 9.71. The van der Waals surface area contributed by atoms with Crippen LogP contribution >= 0.6 is 32.3 Å². The van der Waals surface area contributed by atoms with E-state index in [1.54, 1.807) is 0 Å². The maximum absolute atomic E-state index is 9.71. The number of halogens is 2. The lowest BCUT2D eigenvalue weighted by molar-refractivity contribution is -0.136. The third-order valence-electron chi connectivity index (χ3n) is 0.255. The van der Waals surface area contributed by atoms with Crippen molar-refractivity contribution in [2.24, 2.45) is 0 Å². The van der Waals surface area contributed by atoms with E-state index < -0.39 is 5.97 Å². The standard InChI is InChI=1S/C2H3Br2NO2/c3-5(4)1-2(6)7/h1H2,(H,6,7). The number of hydrogen-bond donors (Lipinski definition) is 1. The number of aliphatic carboxylic acids is 1. The molecule has 0 heterocycles. The van der Waals surface area contributed by atoms with Crippen LogP contribution in [0.15, 0.2) is 0 Å². The van der Waals surface area contributed by atoms with Crippen molar-refractivity contribution in [2.45, 2.75) is 0 Å². The fourth-order valence-corrected chi connectivity index (χ4v) is 0.531. The zero-order chi connectivity index (χ0) is 5.86. The molecule has 0 aromatic heterocycles. The van der Waals surface area contributed by atoms with Crippen molar-refractivity contribution in [3.8, 4) is 0 Å². The predicted octanol–water partition coefficient (Wildman–Crippen LogP) is 0.993. The highest BCUT2D eigenvalue weighted by Crippen LogP contribution is 2.02. The lowest BCUT2D eigenvalue weighted by Gasteiger charge is -1.95. The molecule has 0 aromatic rings. The van der Waals surface area contributed by atoms with Crippen molar-refractivity contribution < 1.29 is 9.90 Å². The minimum Gasteiger partial charge on any atom is -0.480 e. The molecule has 3 nitrogen and oxygen atoms in total. The highest BCUT2D eigenvalue weighted by molar-refractivity contribution is 9.21. The lowest BCUT2D eigenvalue weighted by atomic mass is 10.7. The summed E-state index contributed by atoms with van der Waals surface area (Å²) in [6.45, 7) is -0.0556. The molecule has 0 spiro atoms. The summed E-state index contributed by atoms with van der Waals surface area (Å²) in [7, 11) is 0. The highest BCUT2D eigenvalue weighted by atomic mass is 79.9. The van der Waals surface area contributed by atoms with Gasteiger partial charge in [-0.3, -0.25) is 4.79 Å². The summed E-state index contributed by atoms with van der Waals surface area (Å²) in [5.74, 6) is -0.881. The predicted molar refractivity (Wildman–Crippen MR) is 32.2 cm³/mol. The Hall–Kier alpha value is 0.390. The maximum atomic E-state index is 9.71. The van der Waals surface area contributed by atoms with Gasteiger partial charge in [0.1, 0.15) is 6.54 Å². The molecule has 0 unspecified atom stereocenters. The van der Waals surface area contributed by atoms with Crippen LogP contribution in [0.2, 0.25) is 0 Å². The van der Waals surface area contributed by atoms with Gasteiger partial charge in [0, 0.05) is 32.3 Å². The van der Waals surface area contributed by atoms with E-state index >= 15 is 0 Å². The van der Waals surface area contributed by atoms with Crippen LogP contribution in [0, 0.1) is 0 Å². The molecule has 0 aliphatic heterocycles. The number of carboxylic acids is 1. The van der Waals surface area contributed by atoms with Crippen LogP contribution in [0.25, 0.3) is 0 Å². The molecule has 0 amide bonds. The Labute approximate surface area is 58.0 Å². The Morgan fingerprint density at radius 2 is 2.14 bits per heavy atom. The minimum atomic E-state index is -0.881. The summed E-state index contributed by atoms with van der Waals surface area (Å²) in [5.41, 5.74) is 0. The van der Waals surface area contributed by atoms with E-state index in [-0.39, 0.29) is 6.54 Å². The van der Waals surface area contributed by atoms with E-state index in [4.69, 9.17) is 5.11 Å². The SMILES string of the molecule is O=C(O)CN(Br)Br. The number of nitrogens with zero attached hydrogens (tertiary/aromatic N) is 1. The first-order valence-corrected chi connectivity index (χ1v) is 2.85. The lowest BCUT2D eigenvalue weighted by Crippen LogP contribution is -2.10. The number of carboxylic acid groups (broad SMARTS) is 1. The van der Waals surface area contributed by atoms with Crippen LogP contribution in [-0.2, 0) is 4.79 Å². The molecule has 0 aromatic carbocycles. The zero-order valence-corrected chi connectivity index (χ0v) is 6.44. The van der Waals surface area contributed by atoms with E-state index in [2.05, 4.69) is 32.3 Å². The van der Waals surface area contributed by atoms with E-state index in [1.807, 2.05) is 0 Å². The van der Waals surface area contributed by atoms with E-state index in [1.165, 1.54) is 2.95 Å². The van der Waals surface area contributed by atoms with Gasteiger partial charge in [0.2, 0.25) is 0 Å². The fraction of sp³-hybridized carbons (Fsp3) is 0.500. The normalized spacial score (nSPS) is 9.57. The van der Waals surface area contributed by atoms with Gasteiger partial charge < -0.3 is 5.11 Å². The molecule has 0 fully saturated rings. The van der Waals surface area contributed by atoms with Gasteiger partial charge in [-0.15, -0.1) is 0 Å². The molecule has 1 N–H and O–H groups in total. The topological polar surface area (TPSA) is 40.5 Å². The maximum Gasteiger partial charge on any atom is 0.319 e. The smallest absolute Gasteiger partial charge is 0.319 e. The second-order valence-corrected chi connectivity index (χ2v) is 3.52. The Bertz CT molecular complexity index is 74.1. The molecule has 0 atom stereocenters. The molecule has 0 aliphatic rings. The van der Waals surface area contributed by atoms with Crippen molar-refractivity contribution in [1.29, 1.82) is 0 Å². The first kappa shape index (κ1) is 7.39. The summed E-state index contributed by atoms with van der Waals surface area (Å²) in [6.07, 6.45) is 0. The van der Waals surface area contributed by atoms with E-state index in [0.29, 0.717) is 0 Å². The monoisotopic (exact) mass is 231 g/mol. The second kappa shape index (κ2) is 3.40. The van der Waals surface area contributed by atoms with Crippen molar-refractivity contribution in [3.05, 3.63) is 0 Å². The summed E-state index contributed by atoms with van der Waals surface area (Å²) in [6, 6.07) is 0. The zero-order valence-electron chi connectivity index (χ0n) is 3.27. The first-order valence-electron chi connectivity index (χ1n) is 1.44. The summed E-state index contributed by atoms with van der Waals surface area (Å²) >= 11 is 5.69. The number of rotatable bonds is 2. The summed E-state index contributed by atoms with van der Waals surface area (Å²) in [5, 5.41) is 7.98. The summed E-state index contributed by atoms with van der Waals surface area (Å²) < 4.78 is 1.22. The van der Waals surface area contributed by atoms with Gasteiger partial charge in [-0.05, 0) is 0 Å². The van der Waals surface area contributed by atoms with Crippen LogP contribution in [0.5, 0.6) is 0 Å². The van der Waals surface area contributed by atoms with Gasteiger partial charge in [0.25, 0.3) is 0 Å². The fourth-order valence-electron chi connectivity index (χ4n) is 0.102. The van der Waals surface area contributed by atoms with Gasteiger partial charge >= 0.3 is 5.97 Å². The van der Waals surface area contributed by atoms with Crippen molar-refractivity contribution in [3.63, 3.8) is 0 Å². The number of carbonyl (C=O) groups is 1. The Morgan fingerprint density at radius 3 is 2.14 bits per heavy atom. The third kappa shape index (κ3) is 6.39. The van der Waals surface area contributed by atoms with Gasteiger partial charge in [-0.2, -0.15) is 2.95 Å². The highest BCUT2D eigenvalue weighted by Gasteiger charge is 1.98. The minimum absolute atomic E-state index is 0.0556. The Morgan fingerprint density at radius 1 is 1.71 bits per heavy atom. The van der Waals surface area contributed by atoms with Crippen molar-refractivity contribution in [2.75, 3.05) is 6.54 Å². The number of hydrogen-bond acceptors (Lipinski definition) is 2. The van der Waals surface area contributed by atoms with Crippen LogP contribution < -0.4 is 0 Å². The van der Waals surface area contributed by atoms with Crippen molar-refractivity contribution in [1.82, 2.24) is 2.95 Å². The molecule has 0 rings (SSSR count). The average molecular weight is 233 g/mol. The molecule has 0 saturated heterocycles. The Kier molecular flexibility index (Phi) is 3.59. The third-order valence-corrected chi connectivity index (χ3v) is 0.756. The van der Waals surface area contributed by atoms with Crippen LogP contribution in [-0.4, -0.2) is 20.6 Å². The van der Waals surface area contributed by atoms with E-state index in [0.717, 1.165) is 0 Å². The van der Waals surface area contributed by atoms with Gasteiger partial charge in [0.15, 0.2) is 0 Å². The molecule has 0 bridgehead atoms. The second-order valence-electron chi connectivity index (χ2n) is 0.855. The molecule has 42 valence electrons. The molecule has 7 heavy (non-hydrogen) atoms. The molecule has 0 radical (unpaired) electrons. The molecule has 5 heteroatoms. The largest absolute Gasteiger partial charge is 0.480 e. The van der Waals surface area contributed by atoms with Crippen LogP contribution in [0.1, 0.15) is 0 Å². The van der Waals surface area contributed by atoms with Gasteiger partial charge in [-0.25, -0.2) is 0 Å². The first-order chi connectivity index (χ1) is 3.13. The molecular weight excluding hydrogens is 230 g/mol. The van der Waals surface area contributed by atoms with Crippen LogP contribution in [0.3, 0.4) is 0 Å². The van der Waals surface area contributed by atoms with Crippen molar-refractivity contribution >= 4 is 38.3 Å². The molecule has 0 saturated carbocycles. The Balaban J connectivity index is 3.13.